The monoisotopic (exact) mass is 274 g/mol. The molecule has 1 aliphatic heterocycles. The summed E-state index contributed by atoms with van der Waals surface area (Å²) in [4.78, 5) is 0. The maximum absolute atomic E-state index is 6.15. The topological polar surface area (TPSA) is 9.23 Å². The summed E-state index contributed by atoms with van der Waals surface area (Å²) < 4.78 is 6.15. The van der Waals surface area contributed by atoms with Crippen molar-refractivity contribution in [1.29, 1.82) is 0 Å². The molecular formula is C20H18O. The molecule has 0 saturated carbocycles. The van der Waals surface area contributed by atoms with Gasteiger partial charge in [-0.2, -0.15) is 0 Å². The van der Waals surface area contributed by atoms with Gasteiger partial charge in [0.2, 0.25) is 0 Å². The Labute approximate surface area is 125 Å². The van der Waals surface area contributed by atoms with E-state index in [1.165, 1.54) is 27.5 Å². The lowest BCUT2D eigenvalue weighted by Crippen LogP contribution is -2.20. The van der Waals surface area contributed by atoms with Gasteiger partial charge in [0.15, 0.2) is 0 Å². The van der Waals surface area contributed by atoms with Crippen LogP contribution in [0.5, 0.6) is 0 Å². The molecule has 1 aliphatic rings. The zero-order valence-corrected chi connectivity index (χ0v) is 12.1. The highest BCUT2D eigenvalue weighted by atomic mass is 16.5. The molecule has 1 nitrogen and oxygen atoms in total. The first-order valence-corrected chi connectivity index (χ1v) is 7.52. The molecule has 0 aliphatic carbocycles. The minimum absolute atomic E-state index is 0.0574. The number of fused-ring (bicyclic) bond motifs is 3. The van der Waals surface area contributed by atoms with E-state index < -0.39 is 0 Å². The molecule has 0 spiro atoms. The molecule has 0 amide bonds. The third kappa shape index (κ3) is 2.05. The maximum atomic E-state index is 6.15. The SMILES string of the molecule is C[C@H]1CO[C@@H](c2ccccc2)c2ccc3ccccc3c21. The first-order chi connectivity index (χ1) is 10.3. The van der Waals surface area contributed by atoms with E-state index in [-0.39, 0.29) is 6.10 Å². The van der Waals surface area contributed by atoms with Gasteiger partial charge in [-0.25, -0.2) is 0 Å². The second kappa shape index (κ2) is 5.01. The maximum Gasteiger partial charge on any atom is 0.108 e. The van der Waals surface area contributed by atoms with Crippen LogP contribution in [0.2, 0.25) is 0 Å². The molecule has 3 aromatic rings. The quantitative estimate of drug-likeness (QED) is 0.602. The zero-order chi connectivity index (χ0) is 14.2. The van der Waals surface area contributed by atoms with E-state index >= 15 is 0 Å². The lowest BCUT2D eigenvalue weighted by molar-refractivity contribution is 0.0571. The van der Waals surface area contributed by atoms with Gasteiger partial charge in [0.05, 0.1) is 6.61 Å². The summed E-state index contributed by atoms with van der Waals surface area (Å²) in [6, 6.07) is 23.6. The Hall–Kier alpha value is -2.12. The number of hydrogen-bond acceptors (Lipinski definition) is 1. The Morgan fingerprint density at radius 3 is 2.48 bits per heavy atom. The van der Waals surface area contributed by atoms with Crippen molar-refractivity contribution in [2.24, 2.45) is 0 Å². The predicted octanol–water partition coefficient (Wildman–Crippen LogP) is 5.06. The Morgan fingerprint density at radius 1 is 0.857 bits per heavy atom. The van der Waals surface area contributed by atoms with Crippen LogP contribution in [0.4, 0.5) is 0 Å². The van der Waals surface area contributed by atoms with Gasteiger partial charge >= 0.3 is 0 Å². The fraction of sp³-hybridized carbons (Fsp3) is 0.200. The summed E-state index contributed by atoms with van der Waals surface area (Å²) in [6.45, 7) is 3.03. The highest BCUT2D eigenvalue weighted by Crippen LogP contribution is 2.41. The molecule has 0 saturated heterocycles. The van der Waals surface area contributed by atoms with Crippen molar-refractivity contribution in [3.63, 3.8) is 0 Å². The summed E-state index contributed by atoms with van der Waals surface area (Å²) in [6.07, 6.45) is 0.0574. The highest BCUT2D eigenvalue weighted by Gasteiger charge is 2.27. The lowest BCUT2D eigenvalue weighted by atomic mass is 9.84. The van der Waals surface area contributed by atoms with Gasteiger partial charge in [-0.3, -0.25) is 0 Å². The van der Waals surface area contributed by atoms with Crippen LogP contribution >= 0.6 is 0 Å². The fourth-order valence-electron chi connectivity index (χ4n) is 3.41. The van der Waals surface area contributed by atoms with Gasteiger partial charge < -0.3 is 4.74 Å². The summed E-state index contributed by atoms with van der Waals surface area (Å²) >= 11 is 0. The van der Waals surface area contributed by atoms with Crippen LogP contribution < -0.4 is 0 Å². The molecule has 2 atom stereocenters. The Morgan fingerprint density at radius 2 is 1.62 bits per heavy atom. The van der Waals surface area contributed by atoms with Crippen LogP contribution in [0, 0.1) is 0 Å². The third-order valence-corrected chi connectivity index (χ3v) is 4.39. The van der Waals surface area contributed by atoms with Gasteiger partial charge in [0.25, 0.3) is 0 Å². The first kappa shape index (κ1) is 12.6. The fourth-order valence-corrected chi connectivity index (χ4v) is 3.41. The van der Waals surface area contributed by atoms with Crippen LogP contribution in [-0.4, -0.2) is 6.61 Å². The van der Waals surface area contributed by atoms with Gasteiger partial charge in [0.1, 0.15) is 6.10 Å². The van der Waals surface area contributed by atoms with Crippen molar-refractivity contribution < 1.29 is 4.74 Å². The average molecular weight is 274 g/mol. The molecule has 21 heavy (non-hydrogen) atoms. The summed E-state index contributed by atoms with van der Waals surface area (Å²) in [5, 5.41) is 2.68. The molecule has 104 valence electrons. The minimum Gasteiger partial charge on any atom is -0.368 e. The van der Waals surface area contributed by atoms with Crippen LogP contribution in [0.15, 0.2) is 66.7 Å². The van der Waals surface area contributed by atoms with Gasteiger partial charge in [0, 0.05) is 5.92 Å². The molecule has 0 N–H and O–H groups in total. The molecule has 1 heterocycles. The molecular weight excluding hydrogens is 256 g/mol. The summed E-state index contributed by atoms with van der Waals surface area (Å²) in [5.41, 5.74) is 4.01. The van der Waals surface area contributed by atoms with E-state index in [0.29, 0.717) is 5.92 Å². The normalized spacial score (nSPS) is 21.2. The van der Waals surface area contributed by atoms with Crippen LogP contribution in [0.25, 0.3) is 10.8 Å². The lowest BCUT2D eigenvalue weighted by Gasteiger charge is -2.31. The summed E-state index contributed by atoms with van der Waals surface area (Å²) in [7, 11) is 0. The molecule has 0 radical (unpaired) electrons. The second-order valence-electron chi connectivity index (χ2n) is 5.81. The van der Waals surface area contributed by atoms with Crippen LogP contribution in [0.1, 0.15) is 35.6 Å². The van der Waals surface area contributed by atoms with E-state index in [9.17, 15) is 0 Å². The van der Waals surface area contributed by atoms with Crippen molar-refractivity contribution in [2.45, 2.75) is 18.9 Å². The minimum atomic E-state index is 0.0574. The van der Waals surface area contributed by atoms with E-state index in [1.807, 2.05) is 0 Å². The standard InChI is InChI=1S/C20H18O/c1-14-13-21-20(16-8-3-2-4-9-16)18-12-11-15-7-5-6-10-17(15)19(14)18/h2-12,14,20H,13H2,1H3/t14-,20-/m0/s1. The van der Waals surface area contributed by atoms with Crippen molar-refractivity contribution in [3.05, 3.63) is 83.4 Å². The molecule has 0 aromatic heterocycles. The number of rotatable bonds is 1. The molecule has 1 heteroatoms. The van der Waals surface area contributed by atoms with Crippen molar-refractivity contribution >= 4 is 10.8 Å². The third-order valence-electron chi connectivity index (χ3n) is 4.39. The average Bonchev–Trinajstić information content (AvgIpc) is 2.55. The van der Waals surface area contributed by atoms with E-state index in [4.69, 9.17) is 4.74 Å². The van der Waals surface area contributed by atoms with Crippen molar-refractivity contribution in [1.82, 2.24) is 0 Å². The van der Waals surface area contributed by atoms with Crippen LogP contribution in [-0.2, 0) is 4.74 Å². The Kier molecular flexibility index (Phi) is 3.01. The molecule has 0 bridgehead atoms. The van der Waals surface area contributed by atoms with Crippen molar-refractivity contribution in [3.8, 4) is 0 Å². The molecule has 0 unspecified atom stereocenters. The Bertz CT molecular complexity index is 776. The Balaban J connectivity index is 1.95. The molecule has 3 aromatic carbocycles. The predicted molar refractivity (Wildman–Crippen MR) is 86.6 cm³/mol. The molecule has 0 fully saturated rings. The van der Waals surface area contributed by atoms with E-state index in [1.54, 1.807) is 0 Å². The van der Waals surface area contributed by atoms with E-state index in [0.717, 1.165) is 6.61 Å². The first-order valence-electron chi connectivity index (χ1n) is 7.52. The molecule has 4 rings (SSSR count). The number of benzene rings is 3. The summed E-state index contributed by atoms with van der Waals surface area (Å²) in [5.74, 6) is 0.436. The zero-order valence-electron chi connectivity index (χ0n) is 12.1. The van der Waals surface area contributed by atoms with E-state index in [2.05, 4.69) is 73.7 Å². The van der Waals surface area contributed by atoms with Crippen molar-refractivity contribution in [2.75, 3.05) is 6.61 Å². The van der Waals surface area contributed by atoms with Crippen LogP contribution in [0.3, 0.4) is 0 Å². The highest BCUT2D eigenvalue weighted by molar-refractivity contribution is 5.87. The second-order valence-corrected chi connectivity index (χ2v) is 5.81. The van der Waals surface area contributed by atoms with Gasteiger partial charge in [-0.1, -0.05) is 73.7 Å². The van der Waals surface area contributed by atoms with Gasteiger partial charge in [-0.15, -0.1) is 0 Å². The number of ether oxygens (including phenoxy) is 1. The van der Waals surface area contributed by atoms with Gasteiger partial charge in [-0.05, 0) is 27.5 Å². The largest absolute Gasteiger partial charge is 0.368 e. The smallest absolute Gasteiger partial charge is 0.108 e. The number of hydrogen-bond donors (Lipinski definition) is 0.